The Morgan fingerprint density at radius 1 is 0.880 bits per heavy atom. The quantitative estimate of drug-likeness (QED) is 0.652. The maximum absolute atomic E-state index is 12.0. The topological polar surface area (TPSA) is 54.0 Å². The molecule has 0 saturated carbocycles. The molecule has 0 spiro atoms. The molecule has 134 valence electrons. The van der Waals surface area contributed by atoms with Crippen LogP contribution in [-0.2, 0) is 22.4 Å². The number of carbonyl (C=O) groups excluding carboxylic acids is 1. The van der Waals surface area contributed by atoms with Gasteiger partial charge in [-0.2, -0.15) is 0 Å². The van der Waals surface area contributed by atoms with Gasteiger partial charge in [0, 0.05) is 30.5 Å². The molecular formula is C20H24O5. The first-order valence-electron chi connectivity index (χ1n) is 8.16. The number of hydrogen-bond acceptors (Lipinski definition) is 5. The minimum Gasteiger partial charge on any atom is -0.496 e. The monoisotopic (exact) mass is 344 g/mol. The minimum absolute atomic E-state index is 0.240. The van der Waals surface area contributed by atoms with Crippen LogP contribution in [0.25, 0.3) is 0 Å². The molecule has 0 radical (unpaired) electrons. The van der Waals surface area contributed by atoms with Gasteiger partial charge < -0.3 is 18.9 Å². The van der Waals surface area contributed by atoms with Crippen molar-refractivity contribution in [2.45, 2.75) is 19.3 Å². The maximum Gasteiger partial charge on any atom is 0.306 e. The molecule has 0 aliphatic heterocycles. The molecule has 2 rings (SSSR count). The molecule has 5 nitrogen and oxygen atoms in total. The predicted molar refractivity (Wildman–Crippen MR) is 95.5 cm³/mol. The van der Waals surface area contributed by atoms with Crippen LogP contribution >= 0.6 is 0 Å². The summed E-state index contributed by atoms with van der Waals surface area (Å²) in [6.45, 7) is 0.375. The van der Waals surface area contributed by atoms with Crippen molar-refractivity contribution in [2.75, 3.05) is 27.9 Å². The van der Waals surface area contributed by atoms with Gasteiger partial charge >= 0.3 is 5.97 Å². The van der Waals surface area contributed by atoms with Crippen molar-refractivity contribution in [1.29, 1.82) is 0 Å². The molecule has 0 atom stereocenters. The Balaban J connectivity index is 1.90. The molecule has 2 aromatic carbocycles. The Morgan fingerprint density at radius 3 is 2.08 bits per heavy atom. The first kappa shape index (κ1) is 18.6. The number of benzene rings is 2. The second-order valence-corrected chi connectivity index (χ2v) is 5.47. The van der Waals surface area contributed by atoms with Gasteiger partial charge in [-0.3, -0.25) is 4.79 Å². The number of esters is 1. The lowest BCUT2D eigenvalue weighted by atomic mass is 10.1. The third-order valence-electron chi connectivity index (χ3n) is 3.89. The van der Waals surface area contributed by atoms with Crippen molar-refractivity contribution < 1.29 is 23.7 Å². The van der Waals surface area contributed by atoms with Crippen LogP contribution in [0, 0.1) is 0 Å². The van der Waals surface area contributed by atoms with Crippen LogP contribution in [0.3, 0.4) is 0 Å². The van der Waals surface area contributed by atoms with Crippen molar-refractivity contribution >= 4 is 5.97 Å². The van der Waals surface area contributed by atoms with E-state index in [0.29, 0.717) is 36.7 Å². The van der Waals surface area contributed by atoms with Crippen LogP contribution in [0.4, 0.5) is 0 Å². The van der Waals surface area contributed by atoms with Gasteiger partial charge in [0.2, 0.25) is 0 Å². The first-order valence-corrected chi connectivity index (χ1v) is 8.16. The third kappa shape index (κ3) is 5.41. The highest BCUT2D eigenvalue weighted by atomic mass is 16.5. The molecule has 0 bridgehead atoms. The Kier molecular flexibility index (Phi) is 7.14. The van der Waals surface area contributed by atoms with E-state index in [0.717, 1.165) is 11.1 Å². The maximum atomic E-state index is 12.0. The fraction of sp³-hybridized carbons (Fsp3) is 0.350. The summed E-state index contributed by atoms with van der Waals surface area (Å²) < 4.78 is 21.3. The molecule has 5 heteroatoms. The zero-order valence-corrected chi connectivity index (χ0v) is 14.9. The van der Waals surface area contributed by atoms with Gasteiger partial charge in [-0.05, 0) is 12.0 Å². The zero-order chi connectivity index (χ0) is 18.1. The lowest BCUT2D eigenvalue weighted by molar-refractivity contribution is -0.143. The van der Waals surface area contributed by atoms with E-state index in [9.17, 15) is 4.79 Å². The lowest BCUT2D eigenvalue weighted by Gasteiger charge is -2.15. The van der Waals surface area contributed by atoms with Crippen LogP contribution in [0.2, 0.25) is 0 Å². The summed E-state index contributed by atoms with van der Waals surface area (Å²) in [7, 11) is 4.74. The van der Waals surface area contributed by atoms with E-state index < -0.39 is 0 Å². The zero-order valence-electron chi connectivity index (χ0n) is 14.9. The highest BCUT2D eigenvalue weighted by Gasteiger charge is 2.15. The Bertz CT molecular complexity index is 657. The summed E-state index contributed by atoms with van der Waals surface area (Å²) in [5.41, 5.74) is 1.97. The number of hydrogen-bond donors (Lipinski definition) is 0. The van der Waals surface area contributed by atoms with Crippen LogP contribution in [0.15, 0.2) is 42.5 Å². The van der Waals surface area contributed by atoms with Gasteiger partial charge in [0.05, 0.1) is 27.9 Å². The molecule has 2 aromatic rings. The molecule has 0 N–H and O–H groups in total. The molecule has 0 aromatic heterocycles. The van der Waals surface area contributed by atoms with E-state index in [1.54, 1.807) is 33.5 Å². The molecule has 0 unspecified atom stereocenters. The molecule has 0 aliphatic carbocycles. The first-order chi connectivity index (χ1) is 12.2. The van der Waals surface area contributed by atoms with Crippen LogP contribution < -0.4 is 14.2 Å². The van der Waals surface area contributed by atoms with E-state index in [-0.39, 0.29) is 12.4 Å². The van der Waals surface area contributed by atoms with Crippen molar-refractivity contribution in [3.63, 3.8) is 0 Å². The number of carbonyl (C=O) groups is 1. The molecule has 0 heterocycles. The summed E-state index contributed by atoms with van der Waals surface area (Å²) in [4.78, 5) is 12.0. The standard InChI is InChI=1S/C20H24O5/c1-22-16-13-18(23-2)17(19(14-16)24-3)9-10-20(21)25-12-11-15-7-5-4-6-8-15/h4-8,13-14H,9-12H2,1-3H3. The highest BCUT2D eigenvalue weighted by molar-refractivity contribution is 5.70. The Hall–Kier alpha value is -2.69. The van der Waals surface area contributed by atoms with Gasteiger partial charge in [-0.25, -0.2) is 0 Å². The predicted octanol–water partition coefficient (Wildman–Crippen LogP) is 3.43. The fourth-order valence-corrected chi connectivity index (χ4v) is 2.55. The normalized spacial score (nSPS) is 10.2. The van der Waals surface area contributed by atoms with Crippen LogP contribution in [0.1, 0.15) is 17.5 Å². The van der Waals surface area contributed by atoms with Crippen molar-refractivity contribution in [3.05, 3.63) is 53.6 Å². The summed E-state index contributed by atoms with van der Waals surface area (Å²) >= 11 is 0. The van der Waals surface area contributed by atoms with Gasteiger partial charge in [-0.15, -0.1) is 0 Å². The Morgan fingerprint density at radius 2 is 1.52 bits per heavy atom. The van der Waals surface area contributed by atoms with E-state index >= 15 is 0 Å². The van der Waals surface area contributed by atoms with Crippen molar-refractivity contribution in [2.24, 2.45) is 0 Å². The van der Waals surface area contributed by atoms with Crippen LogP contribution in [0.5, 0.6) is 17.2 Å². The Labute approximate surface area is 148 Å². The SMILES string of the molecule is COc1cc(OC)c(CCC(=O)OCCc2ccccc2)c(OC)c1. The van der Waals surface area contributed by atoms with E-state index in [2.05, 4.69) is 0 Å². The summed E-state index contributed by atoms with van der Waals surface area (Å²) in [5, 5.41) is 0. The molecule has 25 heavy (non-hydrogen) atoms. The smallest absolute Gasteiger partial charge is 0.306 e. The van der Waals surface area contributed by atoms with E-state index in [1.807, 2.05) is 30.3 Å². The second-order valence-electron chi connectivity index (χ2n) is 5.47. The van der Waals surface area contributed by atoms with Gasteiger partial charge in [-0.1, -0.05) is 30.3 Å². The van der Waals surface area contributed by atoms with E-state index in [1.165, 1.54) is 0 Å². The molecule has 0 fully saturated rings. The van der Waals surface area contributed by atoms with Gasteiger partial charge in [0.1, 0.15) is 17.2 Å². The third-order valence-corrected chi connectivity index (χ3v) is 3.89. The second kappa shape index (κ2) is 9.57. The van der Waals surface area contributed by atoms with Gasteiger partial charge in [0.15, 0.2) is 0 Å². The molecule has 0 amide bonds. The summed E-state index contributed by atoms with van der Waals surface area (Å²) in [6.07, 6.45) is 1.44. The van der Waals surface area contributed by atoms with E-state index in [4.69, 9.17) is 18.9 Å². The lowest BCUT2D eigenvalue weighted by Crippen LogP contribution is -2.09. The average Bonchev–Trinajstić information content (AvgIpc) is 2.66. The highest BCUT2D eigenvalue weighted by Crippen LogP contribution is 2.34. The van der Waals surface area contributed by atoms with Gasteiger partial charge in [0.25, 0.3) is 0 Å². The average molecular weight is 344 g/mol. The summed E-state index contributed by atoms with van der Waals surface area (Å²) in [5.74, 6) is 1.67. The van der Waals surface area contributed by atoms with Crippen molar-refractivity contribution in [3.8, 4) is 17.2 Å². The van der Waals surface area contributed by atoms with Crippen molar-refractivity contribution in [1.82, 2.24) is 0 Å². The number of methoxy groups -OCH3 is 3. The minimum atomic E-state index is -0.240. The van der Waals surface area contributed by atoms with Crippen LogP contribution in [-0.4, -0.2) is 33.9 Å². The number of rotatable bonds is 9. The molecule has 0 saturated heterocycles. The summed E-state index contributed by atoms with van der Waals surface area (Å²) in [6, 6.07) is 13.5. The number of ether oxygens (including phenoxy) is 4. The largest absolute Gasteiger partial charge is 0.496 e. The molecule has 0 aliphatic rings. The fourth-order valence-electron chi connectivity index (χ4n) is 2.55. The molecular weight excluding hydrogens is 320 g/mol.